The van der Waals surface area contributed by atoms with E-state index < -0.39 is 9.84 Å². The fourth-order valence-corrected chi connectivity index (χ4v) is 3.41. The zero-order valence-corrected chi connectivity index (χ0v) is 9.22. The minimum Gasteiger partial charge on any atom is -0.381 e. The second-order valence-corrected chi connectivity index (χ2v) is 6.54. The van der Waals surface area contributed by atoms with Crippen LogP contribution < -0.4 is 5.32 Å². The average Bonchev–Trinajstić information content (AvgIpc) is 2.05. The van der Waals surface area contributed by atoms with Crippen LogP contribution >= 0.6 is 0 Å². The summed E-state index contributed by atoms with van der Waals surface area (Å²) in [7, 11) is -2.69. The Morgan fingerprint density at radius 1 is 1.36 bits per heavy atom. The summed E-state index contributed by atoms with van der Waals surface area (Å²) in [5, 5.41) is 3.40. The molecule has 0 aromatic rings. The number of sulfone groups is 1. The molecule has 0 radical (unpaired) electrons. The topological polar surface area (TPSA) is 55.4 Å². The highest BCUT2D eigenvalue weighted by Crippen LogP contribution is 2.18. The lowest BCUT2D eigenvalue weighted by molar-refractivity contribution is 0.0367. The van der Waals surface area contributed by atoms with Gasteiger partial charge in [0.25, 0.3) is 0 Å². The van der Waals surface area contributed by atoms with Crippen LogP contribution in [-0.4, -0.2) is 45.2 Å². The Labute approximate surface area is 84.9 Å². The molecule has 0 spiro atoms. The van der Waals surface area contributed by atoms with E-state index in [1.165, 1.54) is 0 Å². The summed E-state index contributed by atoms with van der Waals surface area (Å²) in [6.07, 6.45) is 0.998. The maximum atomic E-state index is 11.0. The van der Waals surface area contributed by atoms with Crippen molar-refractivity contribution >= 4 is 9.84 Å². The van der Waals surface area contributed by atoms with Crippen LogP contribution in [0.15, 0.2) is 0 Å². The summed E-state index contributed by atoms with van der Waals surface area (Å²) in [5.74, 6) is 1.13. The van der Waals surface area contributed by atoms with E-state index in [2.05, 4.69) is 12.2 Å². The Balaban J connectivity index is 1.80. The first-order valence-corrected chi connectivity index (χ1v) is 6.93. The van der Waals surface area contributed by atoms with E-state index in [1.807, 2.05) is 0 Å². The second kappa shape index (κ2) is 3.79. The van der Waals surface area contributed by atoms with E-state index in [4.69, 9.17) is 4.74 Å². The highest BCUT2D eigenvalue weighted by Gasteiger charge is 2.35. The van der Waals surface area contributed by atoms with Gasteiger partial charge in [0, 0.05) is 18.7 Å². The van der Waals surface area contributed by atoms with Gasteiger partial charge < -0.3 is 10.1 Å². The first-order chi connectivity index (χ1) is 6.57. The fourth-order valence-electron chi connectivity index (χ4n) is 2.09. The Kier molecular flexibility index (Phi) is 2.81. The molecule has 2 atom stereocenters. The molecule has 0 bridgehead atoms. The summed E-state index contributed by atoms with van der Waals surface area (Å²) in [6, 6.07) is 0.620. The van der Waals surface area contributed by atoms with E-state index in [1.54, 1.807) is 0 Å². The molecule has 4 nitrogen and oxygen atoms in total. The molecule has 2 saturated heterocycles. The Morgan fingerprint density at radius 2 is 2.07 bits per heavy atom. The summed E-state index contributed by atoms with van der Waals surface area (Å²) < 4.78 is 27.2. The van der Waals surface area contributed by atoms with Crippen molar-refractivity contribution in [3.8, 4) is 0 Å². The number of hydrogen-bond acceptors (Lipinski definition) is 4. The van der Waals surface area contributed by atoms with Crippen molar-refractivity contribution in [2.24, 2.45) is 5.92 Å². The summed E-state index contributed by atoms with van der Waals surface area (Å²) in [4.78, 5) is 0. The molecule has 0 amide bonds. The molecule has 2 aliphatic heterocycles. The van der Waals surface area contributed by atoms with Crippen LogP contribution in [0.1, 0.15) is 13.3 Å². The molecular formula is C9H17NO3S. The molecule has 82 valence electrons. The van der Waals surface area contributed by atoms with E-state index in [0.717, 1.165) is 19.6 Å². The van der Waals surface area contributed by atoms with Crippen molar-refractivity contribution < 1.29 is 13.2 Å². The first kappa shape index (κ1) is 10.4. The maximum Gasteiger partial charge on any atom is 0.153 e. The highest BCUT2D eigenvalue weighted by molar-refractivity contribution is 7.92. The molecule has 1 N–H and O–H groups in total. The standard InChI is InChI=1S/C9H17NO3S/c1-7-4-13-3-2-9(7)10-8-5-14(11,12)6-8/h7-10H,2-6H2,1H3. The predicted octanol–water partition coefficient (Wildman–Crippen LogP) is -0.202. The van der Waals surface area contributed by atoms with Crippen molar-refractivity contribution in [1.82, 2.24) is 5.32 Å². The van der Waals surface area contributed by atoms with Crippen LogP contribution in [0.5, 0.6) is 0 Å². The molecule has 0 saturated carbocycles. The normalized spacial score (nSPS) is 37.8. The van der Waals surface area contributed by atoms with Crippen molar-refractivity contribution in [2.45, 2.75) is 25.4 Å². The van der Waals surface area contributed by atoms with Gasteiger partial charge in [-0.2, -0.15) is 0 Å². The number of rotatable bonds is 2. The van der Waals surface area contributed by atoms with Crippen LogP contribution in [0.4, 0.5) is 0 Å². The van der Waals surface area contributed by atoms with Gasteiger partial charge >= 0.3 is 0 Å². The van der Waals surface area contributed by atoms with E-state index >= 15 is 0 Å². The van der Waals surface area contributed by atoms with Crippen LogP contribution in [0.25, 0.3) is 0 Å². The van der Waals surface area contributed by atoms with Gasteiger partial charge in [0.15, 0.2) is 9.84 Å². The SMILES string of the molecule is CC1COCCC1NC1CS(=O)(=O)C1. The Bertz CT molecular complexity index is 289. The van der Waals surface area contributed by atoms with Crippen molar-refractivity contribution in [2.75, 3.05) is 24.7 Å². The van der Waals surface area contributed by atoms with Crippen LogP contribution in [0, 0.1) is 5.92 Å². The van der Waals surface area contributed by atoms with Gasteiger partial charge in [-0.3, -0.25) is 0 Å². The third-order valence-corrected chi connectivity index (χ3v) is 4.82. The molecule has 2 heterocycles. The van der Waals surface area contributed by atoms with Gasteiger partial charge in [-0.15, -0.1) is 0 Å². The maximum absolute atomic E-state index is 11.0. The van der Waals surface area contributed by atoms with Gasteiger partial charge in [-0.1, -0.05) is 6.92 Å². The van der Waals surface area contributed by atoms with Crippen LogP contribution in [-0.2, 0) is 14.6 Å². The second-order valence-electron chi connectivity index (χ2n) is 4.39. The van der Waals surface area contributed by atoms with E-state index in [-0.39, 0.29) is 6.04 Å². The first-order valence-electron chi connectivity index (χ1n) is 5.11. The quantitative estimate of drug-likeness (QED) is 0.698. The lowest BCUT2D eigenvalue weighted by atomic mass is 9.97. The zero-order valence-electron chi connectivity index (χ0n) is 8.40. The van der Waals surface area contributed by atoms with Gasteiger partial charge in [-0.25, -0.2) is 8.42 Å². The molecular weight excluding hydrogens is 202 g/mol. The van der Waals surface area contributed by atoms with Crippen molar-refractivity contribution in [3.05, 3.63) is 0 Å². The molecule has 5 heteroatoms. The van der Waals surface area contributed by atoms with Crippen LogP contribution in [0.3, 0.4) is 0 Å². The average molecular weight is 219 g/mol. The molecule has 0 aliphatic carbocycles. The molecule has 2 unspecified atom stereocenters. The highest BCUT2D eigenvalue weighted by atomic mass is 32.2. The summed E-state index contributed by atoms with van der Waals surface area (Å²) in [6.45, 7) is 3.72. The van der Waals surface area contributed by atoms with Crippen molar-refractivity contribution in [3.63, 3.8) is 0 Å². The lowest BCUT2D eigenvalue weighted by Crippen LogP contribution is -2.57. The van der Waals surface area contributed by atoms with Gasteiger partial charge in [0.2, 0.25) is 0 Å². The Hall–Kier alpha value is -0.130. The number of nitrogens with one attached hydrogen (secondary N) is 1. The summed E-state index contributed by atoms with van der Waals surface area (Å²) >= 11 is 0. The third-order valence-electron chi connectivity index (χ3n) is 3.00. The predicted molar refractivity (Wildman–Crippen MR) is 54.0 cm³/mol. The lowest BCUT2D eigenvalue weighted by Gasteiger charge is -2.36. The molecule has 2 fully saturated rings. The molecule has 2 aliphatic rings. The summed E-state index contributed by atoms with van der Waals surface area (Å²) in [5.41, 5.74) is 0. The molecule has 0 aromatic carbocycles. The van der Waals surface area contributed by atoms with Crippen molar-refractivity contribution in [1.29, 1.82) is 0 Å². The van der Waals surface area contributed by atoms with Gasteiger partial charge in [0.1, 0.15) is 0 Å². The zero-order chi connectivity index (χ0) is 10.2. The third kappa shape index (κ3) is 2.27. The molecule has 0 aromatic heterocycles. The monoisotopic (exact) mass is 219 g/mol. The Morgan fingerprint density at radius 3 is 2.64 bits per heavy atom. The van der Waals surface area contributed by atoms with Gasteiger partial charge in [-0.05, 0) is 12.3 Å². The van der Waals surface area contributed by atoms with Gasteiger partial charge in [0.05, 0.1) is 18.1 Å². The van der Waals surface area contributed by atoms with E-state index in [9.17, 15) is 8.42 Å². The largest absolute Gasteiger partial charge is 0.381 e. The fraction of sp³-hybridized carbons (Fsp3) is 1.00. The number of hydrogen-bond donors (Lipinski definition) is 1. The minimum absolute atomic E-state index is 0.186. The molecule has 2 rings (SSSR count). The smallest absolute Gasteiger partial charge is 0.153 e. The number of ether oxygens (including phenoxy) is 1. The minimum atomic E-state index is -2.69. The van der Waals surface area contributed by atoms with Crippen LogP contribution in [0.2, 0.25) is 0 Å². The molecule has 14 heavy (non-hydrogen) atoms. The van der Waals surface area contributed by atoms with E-state index in [0.29, 0.717) is 23.5 Å².